The van der Waals surface area contributed by atoms with Crippen molar-refractivity contribution in [2.45, 2.75) is 106 Å². The molecule has 5 rings (SSSR count). The third kappa shape index (κ3) is 8.20. The molecule has 0 bridgehead atoms. The maximum Gasteiger partial charge on any atom is 0.260 e. The summed E-state index contributed by atoms with van der Waals surface area (Å²) in [7, 11) is 0. The fourth-order valence-corrected chi connectivity index (χ4v) is 6.32. The van der Waals surface area contributed by atoms with Crippen molar-refractivity contribution in [3.05, 3.63) is 59.2 Å². The highest BCUT2D eigenvalue weighted by Crippen LogP contribution is 2.35. The predicted octanol–water partition coefficient (Wildman–Crippen LogP) is 6.90. The zero-order valence-corrected chi connectivity index (χ0v) is 30.8. The lowest BCUT2D eigenvalue weighted by Gasteiger charge is -2.29. The van der Waals surface area contributed by atoms with Gasteiger partial charge in [0, 0.05) is 43.6 Å². The molecule has 2 atom stereocenters. The molecule has 262 valence electrons. The summed E-state index contributed by atoms with van der Waals surface area (Å²) in [5, 5.41) is 20.0. The number of nitrogens with zero attached hydrogens (tertiary/aromatic N) is 6. The van der Waals surface area contributed by atoms with Gasteiger partial charge >= 0.3 is 0 Å². The van der Waals surface area contributed by atoms with Gasteiger partial charge in [-0.1, -0.05) is 54.5 Å². The van der Waals surface area contributed by atoms with Gasteiger partial charge in [0.15, 0.2) is 11.9 Å². The van der Waals surface area contributed by atoms with Crippen LogP contribution in [0.15, 0.2) is 46.5 Å². The number of aromatic nitrogens is 3. The van der Waals surface area contributed by atoms with Gasteiger partial charge in [0.25, 0.3) is 5.91 Å². The Labute approximate surface area is 290 Å². The van der Waals surface area contributed by atoms with Crippen LogP contribution in [0.2, 0.25) is 0 Å². The number of hydrogen-bond donors (Lipinski definition) is 2. The third-order valence-electron chi connectivity index (χ3n) is 8.98. The van der Waals surface area contributed by atoms with Crippen LogP contribution in [0, 0.1) is 12.3 Å². The zero-order chi connectivity index (χ0) is 35.7. The van der Waals surface area contributed by atoms with Gasteiger partial charge in [0.2, 0.25) is 11.7 Å². The topological polar surface area (TPSA) is 126 Å². The van der Waals surface area contributed by atoms with Crippen molar-refractivity contribution in [2.75, 3.05) is 29.9 Å². The van der Waals surface area contributed by atoms with E-state index in [4.69, 9.17) is 14.8 Å². The van der Waals surface area contributed by atoms with Crippen molar-refractivity contribution in [1.29, 1.82) is 0 Å². The number of piperidine rings is 1. The largest absolute Gasteiger partial charge is 0.481 e. The van der Waals surface area contributed by atoms with Gasteiger partial charge in [-0.15, -0.1) is 10.2 Å². The van der Waals surface area contributed by atoms with E-state index in [1.807, 2.05) is 37.3 Å². The molecule has 0 aliphatic carbocycles. The van der Waals surface area contributed by atoms with Crippen LogP contribution in [-0.4, -0.2) is 63.8 Å². The molecule has 0 spiro atoms. The summed E-state index contributed by atoms with van der Waals surface area (Å²) >= 11 is 0. The molecule has 0 saturated carbocycles. The molecule has 0 radical (unpaired) electrons. The van der Waals surface area contributed by atoms with E-state index in [-0.39, 0.29) is 28.6 Å². The second-order valence-electron chi connectivity index (χ2n) is 15.4. The number of aryl methyl sites for hydroxylation is 1. The maximum atomic E-state index is 13.1. The van der Waals surface area contributed by atoms with Gasteiger partial charge in [0.1, 0.15) is 11.5 Å². The number of carbonyl (C=O) groups is 2. The van der Waals surface area contributed by atoms with Gasteiger partial charge in [-0.3, -0.25) is 9.59 Å². The fourth-order valence-electron chi connectivity index (χ4n) is 6.32. The van der Waals surface area contributed by atoms with E-state index >= 15 is 0 Å². The molecule has 11 heteroatoms. The molecule has 1 aromatic heterocycles. The molecule has 3 aromatic rings. The van der Waals surface area contributed by atoms with Crippen LogP contribution in [-0.2, 0) is 15.0 Å². The molecular formula is C38H52N8O3. The van der Waals surface area contributed by atoms with Gasteiger partial charge in [-0.05, 0) is 80.0 Å². The summed E-state index contributed by atoms with van der Waals surface area (Å²) in [4.78, 5) is 32.8. The summed E-state index contributed by atoms with van der Waals surface area (Å²) in [6.45, 7) is 22.4. The quantitative estimate of drug-likeness (QED) is 0.255. The summed E-state index contributed by atoms with van der Waals surface area (Å²) in [5.74, 6) is 1.23. The first-order valence-corrected chi connectivity index (χ1v) is 17.4. The van der Waals surface area contributed by atoms with E-state index in [9.17, 15) is 9.59 Å². The van der Waals surface area contributed by atoms with E-state index in [1.54, 1.807) is 11.6 Å². The minimum Gasteiger partial charge on any atom is -0.481 e. The number of anilines is 2. The average Bonchev–Trinajstić information content (AvgIpc) is 3.61. The number of rotatable bonds is 9. The molecule has 2 aliphatic rings. The molecule has 1 fully saturated rings. The lowest BCUT2D eigenvalue weighted by Crippen LogP contribution is -2.38. The minimum absolute atomic E-state index is 0.0337. The van der Waals surface area contributed by atoms with Crippen LogP contribution < -0.4 is 20.3 Å². The highest BCUT2D eigenvalue weighted by atomic mass is 16.5. The highest BCUT2D eigenvalue weighted by molar-refractivity contribution is 6.50. The number of ether oxygens (including phenoxy) is 1. The summed E-state index contributed by atoms with van der Waals surface area (Å²) in [6.07, 6.45) is 2.87. The lowest BCUT2D eigenvalue weighted by atomic mass is 9.84. The first-order valence-electron chi connectivity index (χ1n) is 17.4. The first kappa shape index (κ1) is 35.8. The van der Waals surface area contributed by atoms with E-state index in [0.29, 0.717) is 41.0 Å². The number of aliphatic imine (C=N–C) groups is 1. The number of benzene rings is 2. The Morgan fingerprint density at radius 3 is 2.33 bits per heavy atom. The molecule has 2 amide bonds. The van der Waals surface area contributed by atoms with E-state index in [1.165, 1.54) is 24.5 Å². The van der Waals surface area contributed by atoms with Crippen molar-refractivity contribution in [3.8, 4) is 5.75 Å². The predicted molar refractivity (Wildman–Crippen MR) is 197 cm³/mol. The highest BCUT2D eigenvalue weighted by Gasteiger charge is 2.36. The Balaban J connectivity index is 1.35. The number of fused-ring (bicyclic) bond motifs is 1. The number of nitrogens with one attached hydrogen (secondary N) is 2. The van der Waals surface area contributed by atoms with Gasteiger partial charge < -0.3 is 20.3 Å². The summed E-state index contributed by atoms with van der Waals surface area (Å²) < 4.78 is 7.78. The van der Waals surface area contributed by atoms with Crippen LogP contribution >= 0.6 is 0 Å². The molecule has 2 unspecified atom stereocenters. The second-order valence-corrected chi connectivity index (χ2v) is 15.4. The third-order valence-corrected chi connectivity index (χ3v) is 8.98. The van der Waals surface area contributed by atoms with Crippen molar-refractivity contribution >= 4 is 40.3 Å². The van der Waals surface area contributed by atoms with Crippen molar-refractivity contribution in [2.24, 2.45) is 15.5 Å². The molecule has 2 aromatic carbocycles. The van der Waals surface area contributed by atoms with Crippen LogP contribution in [0.5, 0.6) is 5.75 Å². The Hall–Kier alpha value is -4.54. The normalized spacial score (nSPS) is 17.0. The van der Waals surface area contributed by atoms with E-state index in [2.05, 4.69) is 80.3 Å². The monoisotopic (exact) mass is 668 g/mol. The molecule has 2 aliphatic heterocycles. The van der Waals surface area contributed by atoms with Crippen LogP contribution in [0.4, 0.5) is 17.1 Å². The maximum absolute atomic E-state index is 13.1. The van der Waals surface area contributed by atoms with Gasteiger partial charge in [-0.25, -0.2) is 4.99 Å². The molecule has 2 N–H and O–H groups in total. The van der Waals surface area contributed by atoms with Crippen molar-refractivity contribution in [3.63, 3.8) is 0 Å². The van der Waals surface area contributed by atoms with Crippen LogP contribution in [0.1, 0.15) is 110 Å². The Bertz CT molecular complexity index is 1770. The molecule has 3 heterocycles. The Morgan fingerprint density at radius 1 is 0.959 bits per heavy atom. The van der Waals surface area contributed by atoms with Gasteiger partial charge in [0.05, 0.1) is 17.1 Å². The molecule has 11 nitrogen and oxygen atoms in total. The van der Waals surface area contributed by atoms with E-state index in [0.717, 1.165) is 37.3 Å². The second kappa shape index (κ2) is 14.1. The fraction of sp³-hybridized carbons (Fsp3) is 0.526. The van der Waals surface area contributed by atoms with Crippen molar-refractivity contribution < 1.29 is 14.3 Å². The standard InChI is InChI=1S/C38H52N8O3/c1-23-14-16-28(21-29(23)37(5,6)7)49-25(3)36(48)39-22-24(2)34-42-43-35-32(33(38(8,9)10)44-46(34)35)41-30-17-15-27(20-31(30)40-26(4)47)45-18-12-11-13-19-45/h14-17,20-21,24-25H,11-13,18-19,22H2,1-10H3,(H,39,48)(H,40,47). The summed E-state index contributed by atoms with van der Waals surface area (Å²) in [6, 6.07) is 12.0. The van der Waals surface area contributed by atoms with E-state index < -0.39 is 6.10 Å². The SMILES string of the molecule is CC(=O)Nc1cc(N2CCCCC2)ccc1N=C1C(C(C)(C)C)=Nn2c1nnc2C(C)CNC(=O)C(C)Oc1ccc(C)c(C(C)(C)C)c1. The van der Waals surface area contributed by atoms with Crippen molar-refractivity contribution in [1.82, 2.24) is 20.2 Å². The average molecular weight is 669 g/mol. The Morgan fingerprint density at radius 2 is 1.67 bits per heavy atom. The first-order chi connectivity index (χ1) is 23.0. The molecule has 1 saturated heterocycles. The smallest absolute Gasteiger partial charge is 0.260 e. The zero-order valence-electron chi connectivity index (χ0n) is 30.8. The summed E-state index contributed by atoms with van der Waals surface area (Å²) in [5.41, 5.74) is 5.69. The molecule has 49 heavy (non-hydrogen) atoms. The van der Waals surface area contributed by atoms with Crippen LogP contribution in [0.3, 0.4) is 0 Å². The van der Waals surface area contributed by atoms with Crippen LogP contribution in [0.25, 0.3) is 0 Å². The molecular weight excluding hydrogens is 616 g/mol. The van der Waals surface area contributed by atoms with Gasteiger partial charge in [-0.2, -0.15) is 9.78 Å². The Kier molecular flexibility index (Phi) is 10.3. The minimum atomic E-state index is -0.685. The lowest BCUT2D eigenvalue weighted by molar-refractivity contribution is -0.127. The number of amides is 2. The number of carbonyl (C=O) groups excluding carboxylic acids is 2. The number of hydrogen-bond acceptors (Lipinski definition) is 8.